The predicted octanol–water partition coefficient (Wildman–Crippen LogP) is 1.29. The standard InChI is InChI=1S/C6H5BrN4/c1-4-8-2-5-6(10-4)11(7)3-9-5/h2-3H,1H3. The van der Waals surface area contributed by atoms with E-state index in [4.69, 9.17) is 0 Å². The van der Waals surface area contributed by atoms with Gasteiger partial charge in [0.1, 0.15) is 17.7 Å². The molecule has 0 saturated carbocycles. The summed E-state index contributed by atoms with van der Waals surface area (Å²) >= 11 is 3.26. The number of aromatic nitrogens is 4. The van der Waals surface area contributed by atoms with Crippen LogP contribution in [0.5, 0.6) is 0 Å². The maximum Gasteiger partial charge on any atom is 0.173 e. The Labute approximate surface area is 71.6 Å². The molecule has 0 fully saturated rings. The molecule has 0 amide bonds. The third kappa shape index (κ3) is 1.01. The molecule has 11 heavy (non-hydrogen) atoms. The van der Waals surface area contributed by atoms with E-state index in [9.17, 15) is 0 Å². The van der Waals surface area contributed by atoms with E-state index < -0.39 is 0 Å². The molecular weight excluding hydrogens is 208 g/mol. The zero-order valence-corrected chi connectivity index (χ0v) is 7.41. The van der Waals surface area contributed by atoms with Gasteiger partial charge in [0, 0.05) is 0 Å². The van der Waals surface area contributed by atoms with Gasteiger partial charge in [-0.2, -0.15) is 0 Å². The summed E-state index contributed by atoms with van der Waals surface area (Å²) in [6, 6.07) is 0. The summed E-state index contributed by atoms with van der Waals surface area (Å²) in [5.41, 5.74) is 1.60. The van der Waals surface area contributed by atoms with E-state index in [2.05, 4.69) is 31.1 Å². The first-order chi connectivity index (χ1) is 5.27. The molecule has 2 heterocycles. The summed E-state index contributed by atoms with van der Waals surface area (Å²) in [4.78, 5) is 12.2. The van der Waals surface area contributed by atoms with E-state index in [0.717, 1.165) is 17.0 Å². The van der Waals surface area contributed by atoms with Gasteiger partial charge in [0.05, 0.1) is 22.3 Å². The van der Waals surface area contributed by atoms with Crippen LogP contribution in [0.3, 0.4) is 0 Å². The van der Waals surface area contributed by atoms with E-state index in [0.29, 0.717) is 0 Å². The minimum atomic E-state index is 0.749. The topological polar surface area (TPSA) is 43.6 Å². The Hall–Kier alpha value is -0.970. The summed E-state index contributed by atoms with van der Waals surface area (Å²) in [6.07, 6.45) is 3.36. The second kappa shape index (κ2) is 2.27. The number of nitrogens with zero attached hydrogens (tertiary/aromatic N) is 4. The molecule has 2 rings (SSSR count). The number of halogens is 1. The lowest BCUT2D eigenvalue weighted by molar-refractivity contribution is 1.07. The van der Waals surface area contributed by atoms with Crippen LogP contribution in [0.2, 0.25) is 0 Å². The highest BCUT2D eigenvalue weighted by molar-refractivity contribution is 9.08. The number of imidazole rings is 1. The lowest BCUT2D eigenvalue weighted by atomic mass is 10.5. The smallest absolute Gasteiger partial charge is 0.173 e. The van der Waals surface area contributed by atoms with E-state index in [1.54, 1.807) is 16.1 Å². The fraction of sp³-hybridized carbons (Fsp3) is 0.167. The van der Waals surface area contributed by atoms with Gasteiger partial charge >= 0.3 is 0 Å². The van der Waals surface area contributed by atoms with Crippen molar-refractivity contribution >= 4 is 27.3 Å². The molecular formula is C6H5BrN4. The van der Waals surface area contributed by atoms with Crippen LogP contribution in [-0.4, -0.2) is 18.5 Å². The van der Waals surface area contributed by atoms with Crippen LogP contribution in [0.25, 0.3) is 11.2 Å². The normalized spacial score (nSPS) is 10.7. The van der Waals surface area contributed by atoms with Crippen molar-refractivity contribution in [1.82, 2.24) is 18.5 Å². The number of aryl methyl sites for hydroxylation is 1. The summed E-state index contributed by atoms with van der Waals surface area (Å²) in [7, 11) is 0. The number of hydrogen-bond donors (Lipinski definition) is 0. The fourth-order valence-corrected chi connectivity index (χ4v) is 1.22. The fourth-order valence-electron chi connectivity index (χ4n) is 0.868. The van der Waals surface area contributed by atoms with E-state index in [-0.39, 0.29) is 0 Å². The summed E-state index contributed by atoms with van der Waals surface area (Å²) < 4.78 is 1.69. The van der Waals surface area contributed by atoms with Crippen LogP contribution in [-0.2, 0) is 0 Å². The highest BCUT2D eigenvalue weighted by atomic mass is 79.9. The van der Waals surface area contributed by atoms with Crippen molar-refractivity contribution < 1.29 is 0 Å². The molecule has 0 radical (unpaired) electrons. The highest BCUT2D eigenvalue weighted by Crippen LogP contribution is 2.10. The van der Waals surface area contributed by atoms with E-state index in [1.807, 2.05) is 6.92 Å². The first-order valence-corrected chi connectivity index (χ1v) is 3.81. The van der Waals surface area contributed by atoms with Gasteiger partial charge in [0.15, 0.2) is 5.65 Å². The number of rotatable bonds is 0. The van der Waals surface area contributed by atoms with Crippen LogP contribution in [0.15, 0.2) is 12.5 Å². The van der Waals surface area contributed by atoms with Crippen molar-refractivity contribution in [3.63, 3.8) is 0 Å². The molecule has 56 valence electrons. The molecule has 2 aromatic heterocycles. The number of fused-ring (bicyclic) bond motifs is 1. The van der Waals surface area contributed by atoms with Gasteiger partial charge in [-0.1, -0.05) is 0 Å². The average molecular weight is 213 g/mol. The first kappa shape index (κ1) is 6.72. The minimum Gasteiger partial charge on any atom is -0.248 e. The van der Waals surface area contributed by atoms with Gasteiger partial charge in [0.25, 0.3) is 0 Å². The Kier molecular flexibility index (Phi) is 1.38. The van der Waals surface area contributed by atoms with Gasteiger partial charge in [-0.3, -0.25) is 0 Å². The maximum absolute atomic E-state index is 4.18. The molecule has 0 atom stereocenters. The molecule has 0 aliphatic heterocycles. The van der Waals surface area contributed by atoms with Crippen molar-refractivity contribution in [2.75, 3.05) is 0 Å². The average Bonchev–Trinajstić information content (AvgIpc) is 2.33. The van der Waals surface area contributed by atoms with Gasteiger partial charge in [-0.15, -0.1) is 0 Å². The molecule has 4 nitrogen and oxygen atoms in total. The summed E-state index contributed by atoms with van der Waals surface area (Å²) in [5.74, 6) is 0.749. The Bertz CT molecular complexity index is 394. The van der Waals surface area contributed by atoms with Crippen molar-refractivity contribution in [1.29, 1.82) is 0 Å². The second-order valence-electron chi connectivity index (χ2n) is 2.18. The Morgan fingerprint density at radius 3 is 3.09 bits per heavy atom. The van der Waals surface area contributed by atoms with Crippen LogP contribution in [0, 0.1) is 6.92 Å². The zero-order chi connectivity index (χ0) is 7.84. The van der Waals surface area contributed by atoms with Crippen molar-refractivity contribution in [3.05, 3.63) is 18.3 Å². The predicted molar refractivity (Wildman–Crippen MR) is 44.4 cm³/mol. The molecule has 0 aromatic carbocycles. The lowest BCUT2D eigenvalue weighted by Crippen LogP contribution is -1.88. The van der Waals surface area contributed by atoms with Crippen LogP contribution in [0.4, 0.5) is 0 Å². The second-order valence-corrected chi connectivity index (χ2v) is 2.95. The van der Waals surface area contributed by atoms with E-state index >= 15 is 0 Å². The Morgan fingerprint density at radius 1 is 1.45 bits per heavy atom. The van der Waals surface area contributed by atoms with Crippen molar-refractivity contribution in [2.24, 2.45) is 0 Å². The van der Waals surface area contributed by atoms with Crippen LogP contribution in [0.1, 0.15) is 5.82 Å². The molecule has 0 spiro atoms. The zero-order valence-electron chi connectivity index (χ0n) is 5.82. The molecule has 0 saturated heterocycles. The quantitative estimate of drug-likeness (QED) is 0.662. The highest BCUT2D eigenvalue weighted by Gasteiger charge is 2.01. The largest absolute Gasteiger partial charge is 0.248 e. The molecule has 0 bridgehead atoms. The molecule has 5 heteroatoms. The number of hydrogen-bond acceptors (Lipinski definition) is 3. The summed E-state index contributed by atoms with van der Waals surface area (Å²) in [5, 5.41) is 0. The van der Waals surface area contributed by atoms with E-state index in [1.165, 1.54) is 0 Å². The molecule has 0 N–H and O–H groups in total. The van der Waals surface area contributed by atoms with Crippen LogP contribution < -0.4 is 0 Å². The van der Waals surface area contributed by atoms with Crippen molar-refractivity contribution in [2.45, 2.75) is 6.92 Å². The summed E-state index contributed by atoms with van der Waals surface area (Å²) in [6.45, 7) is 1.85. The van der Waals surface area contributed by atoms with Crippen LogP contribution >= 0.6 is 16.1 Å². The first-order valence-electron chi connectivity index (χ1n) is 3.10. The third-order valence-corrected chi connectivity index (χ3v) is 1.89. The Morgan fingerprint density at radius 2 is 2.27 bits per heavy atom. The lowest BCUT2D eigenvalue weighted by Gasteiger charge is -1.91. The van der Waals surface area contributed by atoms with Gasteiger partial charge in [-0.05, 0) is 6.92 Å². The molecule has 2 aromatic rings. The van der Waals surface area contributed by atoms with Gasteiger partial charge in [0.2, 0.25) is 0 Å². The minimum absolute atomic E-state index is 0.749. The monoisotopic (exact) mass is 212 g/mol. The third-order valence-electron chi connectivity index (χ3n) is 1.37. The molecule has 0 unspecified atom stereocenters. The molecule has 0 aliphatic carbocycles. The van der Waals surface area contributed by atoms with Gasteiger partial charge < -0.3 is 0 Å². The maximum atomic E-state index is 4.18. The van der Waals surface area contributed by atoms with Gasteiger partial charge in [-0.25, -0.2) is 18.5 Å². The SMILES string of the molecule is Cc1ncc2ncn(Br)c2n1. The van der Waals surface area contributed by atoms with Crippen molar-refractivity contribution in [3.8, 4) is 0 Å². The Balaban J connectivity index is 2.87. The molecule has 0 aliphatic rings.